The van der Waals surface area contributed by atoms with Gasteiger partial charge < -0.3 is 19.1 Å². The van der Waals surface area contributed by atoms with Crippen LogP contribution in [0, 0.1) is 12.7 Å². The number of para-hydroxylation sites is 1. The summed E-state index contributed by atoms with van der Waals surface area (Å²) >= 11 is 0. The number of benzene rings is 4. The molecule has 5 rings (SSSR count). The first-order valence-electron chi connectivity index (χ1n) is 12.0. The van der Waals surface area contributed by atoms with Crippen molar-refractivity contribution in [2.75, 3.05) is 6.61 Å². The number of hydrogen-bond donors (Lipinski definition) is 1. The molecule has 0 aliphatic heterocycles. The molecule has 0 radical (unpaired) electrons. The van der Waals surface area contributed by atoms with Crippen LogP contribution >= 0.6 is 0 Å². The van der Waals surface area contributed by atoms with Crippen molar-refractivity contribution in [3.63, 3.8) is 0 Å². The molecule has 0 amide bonds. The lowest BCUT2D eigenvalue weighted by molar-refractivity contribution is 0.0939. The number of rotatable bonds is 9. The number of aromatic nitrogens is 1. The van der Waals surface area contributed by atoms with Gasteiger partial charge in [-0.15, -0.1) is 0 Å². The maximum Gasteiger partial charge on any atom is 0.123 e. The Labute approximate surface area is 210 Å². The Bertz CT molecular complexity index is 1430. The van der Waals surface area contributed by atoms with Crippen LogP contribution in [0.25, 0.3) is 22.2 Å². The van der Waals surface area contributed by atoms with E-state index in [1.807, 2.05) is 85.8 Å². The quantitative estimate of drug-likeness (QED) is 0.253. The molecule has 5 heteroatoms. The van der Waals surface area contributed by atoms with Gasteiger partial charge in [0, 0.05) is 10.9 Å². The van der Waals surface area contributed by atoms with Crippen molar-refractivity contribution in [3.05, 3.63) is 120 Å². The van der Waals surface area contributed by atoms with E-state index in [1.165, 1.54) is 12.1 Å². The number of hydrogen-bond acceptors (Lipinski definition) is 3. The summed E-state index contributed by atoms with van der Waals surface area (Å²) < 4.78 is 27.6. The highest BCUT2D eigenvalue weighted by Gasteiger charge is 2.19. The first kappa shape index (κ1) is 23.6. The molecule has 1 atom stereocenters. The fraction of sp³-hybridized carbons (Fsp3) is 0.161. The zero-order valence-electron chi connectivity index (χ0n) is 20.1. The second-order valence-corrected chi connectivity index (χ2v) is 8.82. The Hall–Kier alpha value is -4.09. The molecule has 0 saturated heterocycles. The first-order valence-corrected chi connectivity index (χ1v) is 12.0. The first-order chi connectivity index (χ1) is 17.6. The van der Waals surface area contributed by atoms with Crippen molar-refractivity contribution in [2.24, 2.45) is 0 Å². The highest BCUT2D eigenvalue weighted by atomic mass is 19.1. The molecule has 182 valence electrons. The van der Waals surface area contributed by atoms with Crippen LogP contribution in [0.2, 0.25) is 0 Å². The fourth-order valence-electron chi connectivity index (χ4n) is 4.47. The molecule has 1 unspecified atom stereocenters. The second kappa shape index (κ2) is 10.7. The van der Waals surface area contributed by atoms with Gasteiger partial charge in [-0.25, -0.2) is 4.39 Å². The molecule has 5 aromatic rings. The van der Waals surface area contributed by atoms with Crippen molar-refractivity contribution in [3.8, 4) is 22.8 Å². The number of aryl methyl sites for hydroxylation is 1. The van der Waals surface area contributed by atoms with Gasteiger partial charge in [-0.05, 0) is 78.2 Å². The number of aliphatic hydroxyl groups is 1. The Morgan fingerprint density at radius 3 is 2.22 bits per heavy atom. The maximum atomic E-state index is 13.7. The standard InChI is InChI=1S/C31H28FNO3/c1-22-29-18-28(35-20-23-8-4-2-5-9-23)16-17-30(29)33(31(22)24-12-14-25(32)15-13-24)19-26(34)21-36-27-10-6-3-7-11-27/h2-18,26,34H,19-21H2,1H3. The van der Waals surface area contributed by atoms with E-state index in [9.17, 15) is 9.50 Å². The third-order valence-corrected chi connectivity index (χ3v) is 6.23. The van der Waals surface area contributed by atoms with Crippen LogP contribution in [0.15, 0.2) is 103 Å². The molecule has 0 bridgehead atoms. The van der Waals surface area contributed by atoms with Crippen LogP contribution in [0.5, 0.6) is 11.5 Å². The number of ether oxygens (including phenoxy) is 2. The molecule has 1 heterocycles. The van der Waals surface area contributed by atoms with Gasteiger partial charge in [0.1, 0.15) is 36.6 Å². The summed E-state index contributed by atoms with van der Waals surface area (Å²) in [6.45, 7) is 3.01. The molecule has 0 spiro atoms. The summed E-state index contributed by atoms with van der Waals surface area (Å²) in [5.41, 5.74) is 4.92. The molecule has 0 aliphatic rings. The molecule has 0 fully saturated rings. The minimum Gasteiger partial charge on any atom is -0.491 e. The number of fused-ring (bicyclic) bond motifs is 1. The summed E-state index contributed by atoms with van der Waals surface area (Å²) in [7, 11) is 0. The van der Waals surface area contributed by atoms with Crippen LogP contribution in [-0.4, -0.2) is 22.4 Å². The Morgan fingerprint density at radius 2 is 1.50 bits per heavy atom. The van der Waals surface area contributed by atoms with E-state index in [-0.39, 0.29) is 12.4 Å². The molecule has 4 aromatic carbocycles. The van der Waals surface area contributed by atoms with E-state index in [2.05, 4.69) is 4.57 Å². The lowest BCUT2D eigenvalue weighted by atomic mass is 10.1. The summed E-state index contributed by atoms with van der Waals surface area (Å²) in [4.78, 5) is 0. The SMILES string of the molecule is Cc1c(-c2ccc(F)cc2)n(CC(O)COc2ccccc2)c2ccc(OCc3ccccc3)cc12. The smallest absolute Gasteiger partial charge is 0.123 e. The van der Waals surface area contributed by atoms with Crippen LogP contribution in [0.3, 0.4) is 0 Å². The average Bonchev–Trinajstić information content (AvgIpc) is 3.18. The van der Waals surface area contributed by atoms with E-state index in [4.69, 9.17) is 9.47 Å². The minimum atomic E-state index is -0.742. The van der Waals surface area contributed by atoms with Crippen molar-refractivity contribution in [1.29, 1.82) is 0 Å². The molecule has 4 nitrogen and oxygen atoms in total. The topological polar surface area (TPSA) is 43.6 Å². The van der Waals surface area contributed by atoms with Gasteiger partial charge in [0.05, 0.1) is 12.2 Å². The molecule has 0 saturated carbocycles. The van der Waals surface area contributed by atoms with Gasteiger partial charge in [-0.1, -0.05) is 48.5 Å². The molecule has 0 aliphatic carbocycles. The van der Waals surface area contributed by atoms with Gasteiger partial charge in [0.15, 0.2) is 0 Å². The fourth-order valence-corrected chi connectivity index (χ4v) is 4.47. The zero-order chi connectivity index (χ0) is 24.9. The van der Waals surface area contributed by atoms with Crippen LogP contribution in [0.1, 0.15) is 11.1 Å². The predicted octanol–water partition coefficient (Wildman–Crippen LogP) is 6.77. The van der Waals surface area contributed by atoms with Gasteiger partial charge in [-0.3, -0.25) is 0 Å². The molecule has 1 N–H and O–H groups in total. The van der Waals surface area contributed by atoms with Crippen LogP contribution in [0.4, 0.5) is 4.39 Å². The minimum absolute atomic E-state index is 0.157. The van der Waals surface area contributed by atoms with E-state index >= 15 is 0 Å². The highest BCUT2D eigenvalue weighted by Crippen LogP contribution is 2.36. The summed E-state index contributed by atoms with van der Waals surface area (Å²) in [5, 5.41) is 11.9. The van der Waals surface area contributed by atoms with E-state index in [1.54, 1.807) is 12.1 Å². The monoisotopic (exact) mass is 481 g/mol. The third kappa shape index (κ3) is 5.26. The Balaban J connectivity index is 1.46. The predicted molar refractivity (Wildman–Crippen MR) is 141 cm³/mol. The van der Waals surface area contributed by atoms with Crippen LogP contribution in [-0.2, 0) is 13.2 Å². The maximum absolute atomic E-state index is 13.7. The molecular formula is C31H28FNO3. The number of nitrogens with zero attached hydrogens (tertiary/aromatic N) is 1. The summed E-state index contributed by atoms with van der Waals surface area (Å²) in [5.74, 6) is 1.20. The largest absolute Gasteiger partial charge is 0.491 e. The summed E-state index contributed by atoms with van der Waals surface area (Å²) in [6, 6.07) is 31.9. The van der Waals surface area contributed by atoms with Crippen molar-refractivity contribution >= 4 is 10.9 Å². The van der Waals surface area contributed by atoms with E-state index in [0.29, 0.717) is 18.9 Å². The normalized spacial score (nSPS) is 12.0. The molecule has 1 aromatic heterocycles. The lowest BCUT2D eigenvalue weighted by Crippen LogP contribution is -2.24. The Kier molecular flexibility index (Phi) is 7.01. The van der Waals surface area contributed by atoms with Crippen molar-refractivity contribution in [1.82, 2.24) is 4.57 Å². The molecular weight excluding hydrogens is 453 g/mol. The highest BCUT2D eigenvalue weighted by molar-refractivity contribution is 5.92. The lowest BCUT2D eigenvalue weighted by Gasteiger charge is -2.17. The average molecular weight is 482 g/mol. The third-order valence-electron chi connectivity index (χ3n) is 6.23. The second-order valence-electron chi connectivity index (χ2n) is 8.82. The van der Waals surface area contributed by atoms with Gasteiger partial charge in [0.2, 0.25) is 0 Å². The number of halogens is 1. The zero-order valence-corrected chi connectivity index (χ0v) is 20.1. The van der Waals surface area contributed by atoms with E-state index in [0.717, 1.165) is 39.0 Å². The number of aliphatic hydroxyl groups excluding tert-OH is 1. The van der Waals surface area contributed by atoms with E-state index < -0.39 is 6.10 Å². The van der Waals surface area contributed by atoms with Crippen molar-refractivity contribution < 1.29 is 19.0 Å². The van der Waals surface area contributed by atoms with Gasteiger partial charge >= 0.3 is 0 Å². The Morgan fingerprint density at radius 1 is 0.806 bits per heavy atom. The van der Waals surface area contributed by atoms with Crippen LogP contribution < -0.4 is 9.47 Å². The van der Waals surface area contributed by atoms with Gasteiger partial charge in [0.25, 0.3) is 0 Å². The van der Waals surface area contributed by atoms with Crippen molar-refractivity contribution in [2.45, 2.75) is 26.2 Å². The molecule has 36 heavy (non-hydrogen) atoms. The summed E-state index contributed by atoms with van der Waals surface area (Å²) in [6.07, 6.45) is -0.742. The van der Waals surface area contributed by atoms with Gasteiger partial charge in [-0.2, -0.15) is 0 Å².